The molecule has 0 bridgehead atoms. The highest BCUT2D eigenvalue weighted by atomic mass is 32.1. The first-order chi connectivity index (χ1) is 13.6. The maximum absolute atomic E-state index is 11.7. The molecule has 148 valence electrons. The highest BCUT2D eigenvalue weighted by Gasteiger charge is 2.19. The van der Waals surface area contributed by atoms with Crippen LogP contribution in [0.4, 0.5) is 5.69 Å². The minimum Gasteiger partial charge on any atom is -0.497 e. The molecule has 6 nitrogen and oxygen atoms in total. The average molecular weight is 400 g/mol. The van der Waals surface area contributed by atoms with E-state index in [0.717, 1.165) is 35.5 Å². The zero-order chi connectivity index (χ0) is 19.9. The lowest BCUT2D eigenvalue weighted by Gasteiger charge is -2.16. The summed E-state index contributed by atoms with van der Waals surface area (Å²) in [6.45, 7) is 2.15. The van der Waals surface area contributed by atoms with Gasteiger partial charge in [0.2, 0.25) is 5.91 Å². The third-order valence-corrected chi connectivity index (χ3v) is 4.92. The minimum atomic E-state index is 0.246. The molecular weight excluding hydrogens is 374 g/mol. The summed E-state index contributed by atoms with van der Waals surface area (Å²) in [4.78, 5) is 13.6. The second-order valence-electron chi connectivity index (χ2n) is 6.61. The summed E-state index contributed by atoms with van der Waals surface area (Å²) in [5.74, 6) is 1.62. The van der Waals surface area contributed by atoms with Crippen LogP contribution in [-0.2, 0) is 17.9 Å². The summed E-state index contributed by atoms with van der Waals surface area (Å²) in [6, 6.07) is 13.7. The Labute approximate surface area is 170 Å². The number of carbonyl (C=O) groups is 1. The number of hydrogen-bond donors (Lipinski definition) is 2. The van der Waals surface area contributed by atoms with E-state index >= 15 is 0 Å². The van der Waals surface area contributed by atoms with Gasteiger partial charge in [0.15, 0.2) is 5.11 Å². The first-order valence-electron chi connectivity index (χ1n) is 9.21. The van der Waals surface area contributed by atoms with Gasteiger partial charge in [0.25, 0.3) is 0 Å². The zero-order valence-corrected chi connectivity index (χ0v) is 17.0. The molecule has 28 heavy (non-hydrogen) atoms. The Balaban J connectivity index is 1.51. The number of ether oxygens (including phenoxy) is 2. The Hall–Kier alpha value is -2.80. The Morgan fingerprint density at radius 2 is 1.86 bits per heavy atom. The number of likely N-dealkylation sites (tertiary alicyclic amines) is 1. The maximum Gasteiger partial charge on any atom is 0.222 e. The van der Waals surface area contributed by atoms with E-state index in [1.807, 2.05) is 17.0 Å². The molecule has 1 amide bonds. The molecule has 2 aromatic rings. The molecule has 1 aliphatic rings. The first kappa shape index (κ1) is 19.9. The van der Waals surface area contributed by atoms with E-state index in [-0.39, 0.29) is 5.91 Å². The number of nitrogens with zero attached hydrogens (tertiary/aromatic N) is 1. The molecule has 2 N–H and O–H groups in total. The molecular formula is C21H25N3O3S. The van der Waals surface area contributed by atoms with Crippen LogP contribution < -0.4 is 20.1 Å². The van der Waals surface area contributed by atoms with Gasteiger partial charge in [0.05, 0.1) is 19.9 Å². The predicted octanol–water partition coefficient (Wildman–Crippen LogP) is 3.31. The van der Waals surface area contributed by atoms with Gasteiger partial charge in [-0.15, -0.1) is 0 Å². The van der Waals surface area contributed by atoms with Crippen LogP contribution in [0.15, 0.2) is 42.5 Å². The predicted molar refractivity (Wildman–Crippen MR) is 114 cm³/mol. The van der Waals surface area contributed by atoms with Crippen LogP contribution in [0.25, 0.3) is 0 Å². The molecule has 0 radical (unpaired) electrons. The van der Waals surface area contributed by atoms with Crippen molar-refractivity contribution in [1.82, 2.24) is 10.2 Å². The van der Waals surface area contributed by atoms with Crippen molar-refractivity contribution < 1.29 is 14.3 Å². The van der Waals surface area contributed by atoms with E-state index in [4.69, 9.17) is 21.7 Å². The van der Waals surface area contributed by atoms with Crippen LogP contribution in [0.2, 0.25) is 0 Å². The van der Waals surface area contributed by atoms with Gasteiger partial charge in [-0.2, -0.15) is 0 Å². The lowest BCUT2D eigenvalue weighted by atomic mass is 10.1. The Kier molecular flexibility index (Phi) is 6.71. The lowest BCUT2D eigenvalue weighted by Crippen LogP contribution is -2.28. The van der Waals surface area contributed by atoms with E-state index in [2.05, 4.69) is 34.9 Å². The lowest BCUT2D eigenvalue weighted by molar-refractivity contribution is -0.128. The maximum atomic E-state index is 11.7. The standard InChI is InChI=1S/C21H25N3O3S/c1-26-17-9-10-18(19(12-17)27-2)23-21(28)22-13-15-5-7-16(8-6-15)14-24-11-3-4-20(24)25/h5-10,12H,3-4,11,13-14H2,1-2H3,(H2,22,23,28). The molecule has 3 rings (SSSR count). The summed E-state index contributed by atoms with van der Waals surface area (Å²) in [5.41, 5.74) is 3.02. The van der Waals surface area contributed by atoms with Gasteiger partial charge in [0, 0.05) is 32.1 Å². The van der Waals surface area contributed by atoms with Crippen LogP contribution in [0.1, 0.15) is 24.0 Å². The summed E-state index contributed by atoms with van der Waals surface area (Å²) in [6.07, 6.45) is 1.63. The second kappa shape index (κ2) is 9.41. The number of hydrogen-bond acceptors (Lipinski definition) is 4. The highest BCUT2D eigenvalue weighted by molar-refractivity contribution is 7.80. The average Bonchev–Trinajstić information content (AvgIpc) is 3.12. The van der Waals surface area contributed by atoms with Crippen molar-refractivity contribution in [3.63, 3.8) is 0 Å². The zero-order valence-electron chi connectivity index (χ0n) is 16.2. The molecule has 0 aliphatic carbocycles. The second-order valence-corrected chi connectivity index (χ2v) is 7.02. The number of rotatable bonds is 7. The van der Waals surface area contributed by atoms with Crippen molar-refractivity contribution in [2.45, 2.75) is 25.9 Å². The van der Waals surface area contributed by atoms with E-state index in [9.17, 15) is 4.79 Å². The largest absolute Gasteiger partial charge is 0.497 e. The topological polar surface area (TPSA) is 62.8 Å². The molecule has 0 spiro atoms. The molecule has 1 fully saturated rings. The highest BCUT2D eigenvalue weighted by Crippen LogP contribution is 2.28. The summed E-state index contributed by atoms with van der Waals surface area (Å²) < 4.78 is 10.6. The molecule has 1 heterocycles. The Morgan fingerprint density at radius 3 is 2.50 bits per heavy atom. The Morgan fingerprint density at radius 1 is 1.11 bits per heavy atom. The van der Waals surface area contributed by atoms with Gasteiger partial charge in [0.1, 0.15) is 11.5 Å². The fourth-order valence-corrected chi connectivity index (χ4v) is 3.29. The monoisotopic (exact) mass is 399 g/mol. The third kappa shape index (κ3) is 5.13. The molecule has 7 heteroatoms. The van der Waals surface area contributed by atoms with Crippen LogP contribution in [0.5, 0.6) is 11.5 Å². The fraction of sp³-hybridized carbons (Fsp3) is 0.333. The van der Waals surface area contributed by atoms with Crippen molar-refractivity contribution in [2.75, 3.05) is 26.1 Å². The number of methoxy groups -OCH3 is 2. The smallest absolute Gasteiger partial charge is 0.222 e. The van der Waals surface area contributed by atoms with Gasteiger partial charge in [-0.05, 0) is 41.9 Å². The van der Waals surface area contributed by atoms with Gasteiger partial charge in [-0.3, -0.25) is 4.79 Å². The van der Waals surface area contributed by atoms with Crippen LogP contribution in [-0.4, -0.2) is 36.7 Å². The number of amides is 1. The van der Waals surface area contributed by atoms with E-state index < -0.39 is 0 Å². The van der Waals surface area contributed by atoms with Crippen LogP contribution in [0.3, 0.4) is 0 Å². The van der Waals surface area contributed by atoms with Crippen LogP contribution in [0, 0.1) is 0 Å². The first-order valence-corrected chi connectivity index (χ1v) is 9.62. The SMILES string of the molecule is COc1ccc(NC(=S)NCc2ccc(CN3CCCC3=O)cc2)c(OC)c1. The van der Waals surface area contributed by atoms with Gasteiger partial charge in [-0.1, -0.05) is 24.3 Å². The van der Waals surface area contributed by atoms with Gasteiger partial charge >= 0.3 is 0 Å². The number of thiocarbonyl (C=S) groups is 1. The van der Waals surface area contributed by atoms with Crippen molar-refractivity contribution in [2.24, 2.45) is 0 Å². The van der Waals surface area contributed by atoms with Crippen LogP contribution >= 0.6 is 12.2 Å². The summed E-state index contributed by atoms with van der Waals surface area (Å²) in [5, 5.41) is 6.85. The normalized spacial score (nSPS) is 13.4. The van der Waals surface area contributed by atoms with Crippen molar-refractivity contribution in [3.05, 3.63) is 53.6 Å². The van der Waals surface area contributed by atoms with E-state index in [1.165, 1.54) is 0 Å². The molecule has 1 aliphatic heterocycles. The molecule has 2 aromatic carbocycles. The third-order valence-electron chi connectivity index (χ3n) is 4.68. The molecule has 0 unspecified atom stereocenters. The van der Waals surface area contributed by atoms with E-state index in [0.29, 0.717) is 30.4 Å². The van der Waals surface area contributed by atoms with Crippen molar-refractivity contribution in [1.29, 1.82) is 0 Å². The van der Waals surface area contributed by atoms with E-state index in [1.54, 1.807) is 20.3 Å². The number of carbonyl (C=O) groups excluding carboxylic acids is 1. The quantitative estimate of drug-likeness (QED) is 0.697. The van der Waals surface area contributed by atoms with Gasteiger partial charge < -0.3 is 25.0 Å². The Bertz CT molecular complexity index is 839. The number of nitrogens with one attached hydrogen (secondary N) is 2. The molecule has 1 saturated heterocycles. The number of anilines is 1. The van der Waals surface area contributed by atoms with Gasteiger partial charge in [-0.25, -0.2) is 0 Å². The van der Waals surface area contributed by atoms with Crippen molar-refractivity contribution >= 4 is 28.9 Å². The van der Waals surface area contributed by atoms with Crippen molar-refractivity contribution in [3.8, 4) is 11.5 Å². The molecule has 0 saturated carbocycles. The molecule has 0 aromatic heterocycles. The summed E-state index contributed by atoms with van der Waals surface area (Å²) >= 11 is 5.38. The molecule has 0 atom stereocenters. The minimum absolute atomic E-state index is 0.246. The summed E-state index contributed by atoms with van der Waals surface area (Å²) in [7, 11) is 3.22. The number of benzene rings is 2. The fourth-order valence-electron chi connectivity index (χ4n) is 3.10.